The lowest BCUT2D eigenvalue weighted by atomic mass is 10.2. The van der Waals surface area contributed by atoms with Gasteiger partial charge in [-0.25, -0.2) is 14.3 Å². The molecule has 0 atom stereocenters. The first-order valence-corrected chi connectivity index (χ1v) is 6.75. The van der Waals surface area contributed by atoms with Crippen molar-refractivity contribution in [3.63, 3.8) is 0 Å². The summed E-state index contributed by atoms with van der Waals surface area (Å²) in [6.45, 7) is -0.382. The average Bonchev–Trinajstić information content (AvgIpc) is 3.15. The van der Waals surface area contributed by atoms with Gasteiger partial charge in [0.15, 0.2) is 5.16 Å². The number of hydrogen-bond acceptors (Lipinski definition) is 4. The molecule has 0 radical (unpaired) electrons. The molecule has 1 saturated carbocycles. The van der Waals surface area contributed by atoms with E-state index in [9.17, 15) is 14.3 Å². The van der Waals surface area contributed by atoms with Crippen LogP contribution in [0.25, 0.3) is 0 Å². The van der Waals surface area contributed by atoms with Crippen LogP contribution in [0, 0.1) is 5.82 Å². The van der Waals surface area contributed by atoms with Crippen molar-refractivity contribution < 1.29 is 9.50 Å². The van der Waals surface area contributed by atoms with Crippen LogP contribution in [0.3, 0.4) is 0 Å². The molecule has 1 aliphatic carbocycles. The topological polar surface area (TPSA) is 70.9 Å². The van der Waals surface area contributed by atoms with E-state index >= 15 is 0 Å². The van der Waals surface area contributed by atoms with E-state index in [0.29, 0.717) is 10.1 Å². The summed E-state index contributed by atoms with van der Waals surface area (Å²) >= 11 is 1.19. The third-order valence-corrected chi connectivity index (χ3v) is 4.09. The zero-order valence-electron chi connectivity index (χ0n) is 9.97. The van der Waals surface area contributed by atoms with E-state index in [1.165, 1.54) is 17.8 Å². The Morgan fingerprint density at radius 1 is 1.53 bits per heavy atom. The van der Waals surface area contributed by atoms with Gasteiger partial charge in [-0.1, -0.05) is 6.07 Å². The van der Waals surface area contributed by atoms with Crippen LogP contribution in [0.15, 0.2) is 33.0 Å². The first-order chi connectivity index (χ1) is 9.20. The molecule has 5 nitrogen and oxygen atoms in total. The Morgan fingerprint density at radius 3 is 3.00 bits per heavy atom. The Bertz CT molecular complexity index is 663. The number of hydrogen-bond donors (Lipinski definition) is 2. The molecule has 19 heavy (non-hydrogen) atoms. The van der Waals surface area contributed by atoms with Gasteiger partial charge in [-0.3, -0.25) is 4.57 Å². The number of aromatic amines is 1. The average molecular weight is 281 g/mol. The molecule has 3 rings (SSSR count). The van der Waals surface area contributed by atoms with Crippen LogP contribution in [-0.4, -0.2) is 19.9 Å². The van der Waals surface area contributed by atoms with Gasteiger partial charge in [0, 0.05) is 16.5 Å². The van der Waals surface area contributed by atoms with Crippen molar-refractivity contribution in [3.05, 3.63) is 40.1 Å². The predicted molar refractivity (Wildman–Crippen MR) is 67.6 cm³/mol. The van der Waals surface area contributed by atoms with Gasteiger partial charge in [-0.2, -0.15) is 0 Å². The fourth-order valence-electron chi connectivity index (χ4n) is 1.90. The molecule has 100 valence electrons. The molecule has 0 amide bonds. The summed E-state index contributed by atoms with van der Waals surface area (Å²) in [4.78, 5) is 12.2. The van der Waals surface area contributed by atoms with Gasteiger partial charge >= 0.3 is 5.69 Å². The van der Waals surface area contributed by atoms with Gasteiger partial charge in [0.1, 0.15) is 5.82 Å². The van der Waals surface area contributed by atoms with Crippen LogP contribution in [0.5, 0.6) is 0 Å². The lowest BCUT2D eigenvalue weighted by Gasteiger charge is -2.08. The summed E-state index contributed by atoms with van der Waals surface area (Å²) < 4.78 is 15.2. The zero-order valence-corrected chi connectivity index (χ0v) is 10.8. The van der Waals surface area contributed by atoms with Gasteiger partial charge in [0.2, 0.25) is 0 Å². The zero-order chi connectivity index (χ0) is 13.4. The molecule has 1 fully saturated rings. The second-order valence-electron chi connectivity index (χ2n) is 4.39. The van der Waals surface area contributed by atoms with Crippen LogP contribution in [-0.2, 0) is 6.61 Å². The monoisotopic (exact) mass is 281 g/mol. The highest BCUT2D eigenvalue weighted by Crippen LogP contribution is 2.38. The van der Waals surface area contributed by atoms with Crippen LogP contribution in [0.4, 0.5) is 4.39 Å². The smallest absolute Gasteiger partial charge is 0.344 e. The van der Waals surface area contributed by atoms with Crippen molar-refractivity contribution >= 4 is 11.8 Å². The van der Waals surface area contributed by atoms with Gasteiger partial charge in [0.05, 0.1) is 6.61 Å². The van der Waals surface area contributed by atoms with E-state index in [-0.39, 0.29) is 23.9 Å². The standard InChI is InChI=1S/C12H12FN3O2S/c13-9-2-1-3-10(8(9)6-17)19-12-15-14-11(18)16(12)7-4-5-7/h1-3,7,17H,4-6H2,(H,14,18). The molecule has 1 aromatic heterocycles. The van der Waals surface area contributed by atoms with E-state index in [0.717, 1.165) is 12.8 Å². The maximum absolute atomic E-state index is 13.6. The van der Waals surface area contributed by atoms with E-state index < -0.39 is 5.82 Å². The number of halogens is 1. The number of benzene rings is 1. The van der Waals surface area contributed by atoms with E-state index in [2.05, 4.69) is 10.2 Å². The largest absolute Gasteiger partial charge is 0.392 e. The van der Waals surface area contributed by atoms with Crippen LogP contribution >= 0.6 is 11.8 Å². The summed E-state index contributed by atoms with van der Waals surface area (Å²) in [5, 5.41) is 16.1. The van der Waals surface area contributed by atoms with Gasteiger partial charge in [-0.05, 0) is 36.7 Å². The summed E-state index contributed by atoms with van der Waals surface area (Å²) in [6, 6.07) is 4.77. The third kappa shape index (κ3) is 2.31. The Kier molecular flexibility index (Phi) is 3.16. The minimum Gasteiger partial charge on any atom is -0.392 e. The molecule has 0 spiro atoms. The lowest BCUT2D eigenvalue weighted by Crippen LogP contribution is -2.16. The second-order valence-corrected chi connectivity index (χ2v) is 5.40. The summed E-state index contributed by atoms with van der Waals surface area (Å²) in [6.07, 6.45) is 1.92. The summed E-state index contributed by atoms with van der Waals surface area (Å²) in [5.74, 6) is -0.455. The highest BCUT2D eigenvalue weighted by molar-refractivity contribution is 7.99. The number of nitrogens with one attached hydrogen (secondary N) is 1. The first kappa shape index (κ1) is 12.4. The highest BCUT2D eigenvalue weighted by Gasteiger charge is 2.29. The van der Waals surface area contributed by atoms with Crippen LogP contribution < -0.4 is 5.69 Å². The molecule has 0 bridgehead atoms. The first-order valence-electron chi connectivity index (χ1n) is 5.93. The molecule has 0 saturated heterocycles. The van der Waals surface area contributed by atoms with Gasteiger partial charge < -0.3 is 5.11 Å². The van der Waals surface area contributed by atoms with Crippen molar-refractivity contribution in [3.8, 4) is 0 Å². The van der Waals surface area contributed by atoms with Crippen molar-refractivity contribution in [2.75, 3.05) is 0 Å². The molecule has 1 aliphatic rings. The van der Waals surface area contributed by atoms with Crippen molar-refractivity contribution in [1.29, 1.82) is 0 Å². The number of aromatic nitrogens is 3. The fraction of sp³-hybridized carbons (Fsp3) is 0.333. The van der Waals surface area contributed by atoms with Crippen LogP contribution in [0.1, 0.15) is 24.4 Å². The van der Waals surface area contributed by atoms with Gasteiger partial charge in [-0.15, -0.1) is 5.10 Å². The number of rotatable bonds is 4. The third-order valence-electron chi connectivity index (χ3n) is 3.02. The quantitative estimate of drug-likeness (QED) is 0.894. The van der Waals surface area contributed by atoms with Crippen molar-refractivity contribution in [1.82, 2.24) is 14.8 Å². The molecular formula is C12H12FN3O2S. The molecule has 2 aromatic rings. The molecule has 1 heterocycles. The molecule has 0 unspecified atom stereocenters. The maximum Gasteiger partial charge on any atom is 0.344 e. The van der Waals surface area contributed by atoms with E-state index in [1.54, 1.807) is 16.7 Å². The molecule has 1 aromatic carbocycles. The molecule has 0 aliphatic heterocycles. The van der Waals surface area contributed by atoms with Gasteiger partial charge in [0.25, 0.3) is 0 Å². The fourth-order valence-corrected chi connectivity index (χ4v) is 2.95. The molecule has 7 heteroatoms. The number of aliphatic hydroxyl groups excluding tert-OH is 1. The molecular weight excluding hydrogens is 269 g/mol. The SMILES string of the molecule is O=c1[nH]nc(Sc2cccc(F)c2CO)n1C1CC1. The number of nitrogens with zero attached hydrogens (tertiary/aromatic N) is 2. The predicted octanol–water partition coefficient (Wildman–Crippen LogP) is 1.69. The normalized spacial score (nSPS) is 14.8. The lowest BCUT2D eigenvalue weighted by molar-refractivity contribution is 0.272. The summed E-state index contributed by atoms with van der Waals surface area (Å²) in [5.41, 5.74) is -0.0164. The number of H-pyrrole nitrogens is 1. The maximum atomic E-state index is 13.6. The molecule has 2 N–H and O–H groups in total. The summed E-state index contributed by atoms with van der Waals surface area (Å²) in [7, 11) is 0. The van der Waals surface area contributed by atoms with E-state index in [1.807, 2.05) is 0 Å². The van der Waals surface area contributed by atoms with Crippen molar-refractivity contribution in [2.45, 2.75) is 35.5 Å². The minimum atomic E-state index is -0.455. The Hall–Kier alpha value is -1.60. The van der Waals surface area contributed by atoms with Crippen LogP contribution in [0.2, 0.25) is 0 Å². The second kappa shape index (κ2) is 4.82. The highest BCUT2D eigenvalue weighted by atomic mass is 32.2. The van der Waals surface area contributed by atoms with Crippen molar-refractivity contribution in [2.24, 2.45) is 0 Å². The Morgan fingerprint density at radius 2 is 2.32 bits per heavy atom. The number of aliphatic hydroxyl groups is 1. The Labute approximate surface area is 112 Å². The minimum absolute atomic E-state index is 0.194. The Balaban J connectivity index is 1.98. The van der Waals surface area contributed by atoms with E-state index in [4.69, 9.17) is 0 Å².